The zero-order valence-corrected chi connectivity index (χ0v) is 12.0. The van der Waals surface area contributed by atoms with Crippen molar-refractivity contribution in [2.24, 2.45) is 0 Å². The quantitative estimate of drug-likeness (QED) is 0.853. The number of aryl methyl sites for hydroxylation is 1. The van der Waals surface area contributed by atoms with Crippen LogP contribution in [0.2, 0.25) is 0 Å². The van der Waals surface area contributed by atoms with Crippen molar-refractivity contribution < 1.29 is 0 Å². The first-order valence-corrected chi connectivity index (χ1v) is 7.44. The third kappa shape index (κ3) is 2.56. The van der Waals surface area contributed by atoms with Crippen LogP contribution < -0.4 is 5.73 Å². The van der Waals surface area contributed by atoms with Crippen LogP contribution in [0.1, 0.15) is 36.1 Å². The predicted octanol–water partition coefficient (Wildman–Crippen LogP) is 3.78. The molecule has 1 aliphatic rings. The van der Waals surface area contributed by atoms with E-state index in [4.69, 9.17) is 5.73 Å². The van der Waals surface area contributed by atoms with E-state index in [0.29, 0.717) is 6.04 Å². The SMILES string of the molecule is CCN(Cc1ccccc1)C1CCc2cc(N)ccc21. The highest BCUT2D eigenvalue weighted by Gasteiger charge is 2.27. The number of rotatable bonds is 4. The van der Waals surface area contributed by atoms with E-state index < -0.39 is 0 Å². The molecule has 2 nitrogen and oxygen atoms in total. The van der Waals surface area contributed by atoms with Gasteiger partial charge in [0.15, 0.2) is 0 Å². The van der Waals surface area contributed by atoms with Crippen LogP contribution in [-0.4, -0.2) is 11.4 Å². The molecule has 0 heterocycles. The molecule has 0 aliphatic heterocycles. The van der Waals surface area contributed by atoms with Crippen LogP contribution in [0.3, 0.4) is 0 Å². The molecule has 0 saturated heterocycles. The topological polar surface area (TPSA) is 29.3 Å². The number of hydrogen-bond donors (Lipinski definition) is 1. The Labute approximate surface area is 121 Å². The fraction of sp³-hybridized carbons (Fsp3) is 0.333. The van der Waals surface area contributed by atoms with E-state index in [1.54, 1.807) is 0 Å². The van der Waals surface area contributed by atoms with Crippen molar-refractivity contribution in [2.45, 2.75) is 32.4 Å². The maximum Gasteiger partial charge on any atom is 0.0357 e. The first-order valence-electron chi connectivity index (χ1n) is 7.44. The first kappa shape index (κ1) is 13.2. The summed E-state index contributed by atoms with van der Waals surface area (Å²) in [6, 6.07) is 17.7. The maximum absolute atomic E-state index is 5.89. The number of nitrogen functional groups attached to an aromatic ring is 1. The second-order valence-corrected chi connectivity index (χ2v) is 5.56. The second kappa shape index (κ2) is 5.68. The van der Waals surface area contributed by atoms with Crippen LogP contribution in [0.4, 0.5) is 5.69 Å². The molecule has 2 aromatic rings. The average Bonchev–Trinajstić information content (AvgIpc) is 2.88. The van der Waals surface area contributed by atoms with Crippen LogP contribution in [-0.2, 0) is 13.0 Å². The average molecular weight is 266 g/mol. The van der Waals surface area contributed by atoms with E-state index in [9.17, 15) is 0 Å². The number of benzene rings is 2. The molecular formula is C18H22N2. The van der Waals surface area contributed by atoms with Gasteiger partial charge in [-0.25, -0.2) is 0 Å². The van der Waals surface area contributed by atoms with E-state index >= 15 is 0 Å². The molecule has 0 fully saturated rings. The van der Waals surface area contributed by atoms with Crippen LogP contribution in [0.25, 0.3) is 0 Å². The van der Waals surface area contributed by atoms with E-state index in [2.05, 4.69) is 54.3 Å². The maximum atomic E-state index is 5.89. The van der Waals surface area contributed by atoms with Crippen molar-refractivity contribution in [1.29, 1.82) is 0 Å². The van der Waals surface area contributed by atoms with Crippen LogP contribution in [0, 0.1) is 0 Å². The standard InChI is InChI=1S/C18H22N2/c1-2-20(13-14-6-4-3-5-7-14)18-11-8-15-12-16(19)9-10-17(15)18/h3-7,9-10,12,18H,2,8,11,13,19H2,1H3. The molecule has 104 valence electrons. The fourth-order valence-electron chi connectivity index (χ4n) is 3.25. The van der Waals surface area contributed by atoms with Gasteiger partial charge in [0.2, 0.25) is 0 Å². The normalized spacial score (nSPS) is 17.4. The lowest BCUT2D eigenvalue weighted by molar-refractivity contribution is 0.198. The van der Waals surface area contributed by atoms with E-state index in [0.717, 1.165) is 25.2 Å². The Balaban J connectivity index is 1.82. The lowest BCUT2D eigenvalue weighted by Gasteiger charge is -2.28. The monoisotopic (exact) mass is 266 g/mol. The molecule has 2 heteroatoms. The summed E-state index contributed by atoms with van der Waals surface area (Å²) in [4.78, 5) is 2.57. The highest BCUT2D eigenvalue weighted by molar-refractivity contribution is 5.47. The lowest BCUT2D eigenvalue weighted by Crippen LogP contribution is -2.26. The Morgan fingerprint density at radius 2 is 1.95 bits per heavy atom. The van der Waals surface area contributed by atoms with Crippen molar-refractivity contribution >= 4 is 5.69 Å². The molecule has 20 heavy (non-hydrogen) atoms. The van der Waals surface area contributed by atoms with Gasteiger partial charge in [-0.3, -0.25) is 4.90 Å². The Kier molecular flexibility index (Phi) is 3.75. The molecule has 1 atom stereocenters. The molecule has 1 aliphatic carbocycles. The van der Waals surface area contributed by atoms with Crippen molar-refractivity contribution in [3.8, 4) is 0 Å². The summed E-state index contributed by atoms with van der Waals surface area (Å²) < 4.78 is 0. The van der Waals surface area contributed by atoms with Gasteiger partial charge in [-0.15, -0.1) is 0 Å². The van der Waals surface area contributed by atoms with E-state index in [1.165, 1.54) is 23.1 Å². The van der Waals surface area contributed by atoms with Gasteiger partial charge in [-0.05, 0) is 48.2 Å². The summed E-state index contributed by atoms with van der Waals surface area (Å²) in [6.07, 6.45) is 2.36. The third-order valence-corrected chi connectivity index (χ3v) is 4.29. The fourth-order valence-corrected chi connectivity index (χ4v) is 3.25. The number of nitrogens with zero attached hydrogens (tertiary/aromatic N) is 1. The van der Waals surface area contributed by atoms with Gasteiger partial charge in [-0.1, -0.05) is 43.3 Å². The van der Waals surface area contributed by atoms with Crippen molar-refractivity contribution in [1.82, 2.24) is 4.90 Å². The van der Waals surface area contributed by atoms with E-state index in [1.807, 2.05) is 6.07 Å². The largest absolute Gasteiger partial charge is 0.399 e. The molecule has 1 unspecified atom stereocenters. The summed E-state index contributed by atoms with van der Waals surface area (Å²) in [5.74, 6) is 0. The number of anilines is 1. The van der Waals surface area contributed by atoms with Gasteiger partial charge >= 0.3 is 0 Å². The number of fused-ring (bicyclic) bond motifs is 1. The van der Waals surface area contributed by atoms with Crippen molar-refractivity contribution in [3.05, 3.63) is 65.2 Å². The zero-order chi connectivity index (χ0) is 13.9. The van der Waals surface area contributed by atoms with Crippen molar-refractivity contribution in [2.75, 3.05) is 12.3 Å². The summed E-state index contributed by atoms with van der Waals surface area (Å²) in [5.41, 5.74) is 11.1. The zero-order valence-electron chi connectivity index (χ0n) is 12.0. The molecule has 0 spiro atoms. The van der Waals surface area contributed by atoms with Gasteiger partial charge in [0, 0.05) is 18.3 Å². The highest BCUT2D eigenvalue weighted by Crippen LogP contribution is 2.37. The third-order valence-electron chi connectivity index (χ3n) is 4.29. The van der Waals surface area contributed by atoms with Gasteiger partial charge < -0.3 is 5.73 Å². The van der Waals surface area contributed by atoms with Crippen molar-refractivity contribution in [3.63, 3.8) is 0 Å². The minimum absolute atomic E-state index is 0.538. The second-order valence-electron chi connectivity index (χ2n) is 5.56. The molecular weight excluding hydrogens is 244 g/mol. The molecule has 3 rings (SSSR count). The molecule has 0 saturated carbocycles. The summed E-state index contributed by atoms with van der Waals surface area (Å²) in [6.45, 7) is 4.34. The minimum atomic E-state index is 0.538. The molecule has 2 N–H and O–H groups in total. The number of hydrogen-bond acceptors (Lipinski definition) is 2. The summed E-state index contributed by atoms with van der Waals surface area (Å²) in [5, 5.41) is 0. The van der Waals surface area contributed by atoms with Gasteiger partial charge in [0.25, 0.3) is 0 Å². The lowest BCUT2D eigenvalue weighted by atomic mass is 10.1. The van der Waals surface area contributed by atoms with Crippen LogP contribution >= 0.6 is 0 Å². The number of nitrogens with two attached hydrogens (primary N) is 1. The summed E-state index contributed by atoms with van der Waals surface area (Å²) >= 11 is 0. The Hall–Kier alpha value is -1.80. The Bertz CT molecular complexity index is 577. The van der Waals surface area contributed by atoms with Crippen LogP contribution in [0.15, 0.2) is 48.5 Å². The highest BCUT2D eigenvalue weighted by atomic mass is 15.1. The molecule has 0 amide bonds. The van der Waals surface area contributed by atoms with Gasteiger partial charge in [0.05, 0.1) is 0 Å². The predicted molar refractivity (Wildman–Crippen MR) is 84.4 cm³/mol. The summed E-state index contributed by atoms with van der Waals surface area (Å²) in [7, 11) is 0. The van der Waals surface area contributed by atoms with Crippen LogP contribution in [0.5, 0.6) is 0 Å². The van der Waals surface area contributed by atoms with Gasteiger partial charge in [0.1, 0.15) is 0 Å². The van der Waals surface area contributed by atoms with E-state index in [-0.39, 0.29) is 0 Å². The molecule has 2 aromatic carbocycles. The minimum Gasteiger partial charge on any atom is -0.399 e. The Morgan fingerprint density at radius 3 is 2.70 bits per heavy atom. The smallest absolute Gasteiger partial charge is 0.0357 e. The first-order chi connectivity index (χ1) is 9.78. The molecule has 0 aromatic heterocycles. The van der Waals surface area contributed by atoms with Gasteiger partial charge in [-0.2, -0.15) is 0 Å². The Morgan fingerprint density at radius 1 is 1.15 bits per heavy atom. The molecule has 0 bridgehead atoms. The molecule has 0 radical (unpaired) electrons.